The van der Waals surface area contributed by atoms with Gasteiger partial charge in [-0.1, -0.05) is 17.7 Å². The van der Waals surface area contributed by atoms with E-state index in [0.29, 0.717) is 17.8 Å². The van der Waals surface area contributed by atoms with Crippen molar-refractivity contribution in [2.24, 2.45) is 0 Å². The van der Waals surface area contributed by atoms with E-state index in [-0.39, 0.29) is 5.02 Å². The van der Waals surface area contributed by atoms with Gasteiger partial charge in [0.15, 0.2) is 0 Å². The molecule has 2 rings (SSSR count). The molecule has 0 radical (unpaired) electrons. The average molecular weight is 262 g/mol. The Labute approximate surface area is 109 Å². The minimum atomic E-state index is -0.445. The first-order valence-corrected chi connectivity index (χ1v) is 5.60. The highest BCUT2D eigenvalue weighted by atomic mass is 35.5. The van der Waals surface area contributed by atoms with Crippen LogP contribution in [0, 0.1) is 17.1 Å². The SMILES string of the molecule is N#Cc1ccncc1NCc1ccc(F)c(Cl)c1. The van der Waals surface area contributed by atoms with E-state index in [4.69, 9.17) is 16.9 Å². The Kier molecular flexibility index (Phi) is 3.75. The molecular weight excluding hydrogens is 253 g/mol. The number of benzene rings is 1. The molecule has 0 unspecified atom stereocenters. The van der Waals surface area contributed by atoms with Gasteiger partial charge in [-0.3, -0.25) is 4.98 Å². The van der Waals surface area contributed by atoms with Crippen molar-refractivity contribution in [2.45, 2.75) is 6.54 Å². The van der Waals surface area contributed by atoms with Gasteiger partial charge in [-0.05, 0) is 23.8 Å². The molecule has 0 aliphatic carbocycles. The Balaban J connectivity index is 2.12. The van der Waals surface area contributed by atoms with E-state index in [2.05, 4.69) is 16.4 Å². The monoisotopic (exact) mass is 261 g/mol. The van der Waals surface area contributed by atoms with Crippen LogP contribution in [-0.2, 0) is 6.54 Å². The van der Waals surface area contributed by atoms with Gasteiger partial charge in [0.2, 0.25) is 0 Å². The fraction of sp³-hybridized carbons (Fsp3) is 0.0769. The first kappa shape index (κ1) is 12.3. The van der Waals surface area contributed by atoms with Crippen LogP contribution in [0.5, 0.6) is 0 Å². The molecule has 0 spiro atoms. The zero-order valence-electron chi connectivity index (χ0n) is 9.32. The van der Waals surface area contributed by atoms with Crippen molar-refractivity contribution < 1.29 is 4.39 Å². The van der Waals surface area contributed by atoms with Crippen LogP contribution in [0.2, 0.25) is 5.02 Å². The summed E-state index contributed by atoms with van der Waals surface area (Å²) in [6.45, 7) is 0.445. The number of rotatable bonds is 3. The standard InChI is InChI=1S/C13H9ClFN3/c14-11-5-9(1-2-12(11)15)7-18-13-8-17-4-3-10(13)6-16/h1-5,8,18H,7H2. The van der Waals surface area contributed by atoms with Crippen LogP contribution in [0.1, 0.15) is 11.1 Å². The summed E-state index contributed by atoms with van der Waals surface area (Å²) in [7, 11) is 0. The third-order valence-corrected chi connectivity index (χ3v) is 2.70. The van der Waals surface area contributed by atoms with Gasteiger partial charge in [-0.25, -0.2) is 4.39 Å². The maximum atomic E-state index is 13.0. The lowest BCUT2D eigenvalue weighted by molar-refractivity contribution is 0.627. The van der Waals surface area contributed by atoms with Crippen LogP contribution in [0.3, 0.4) is 0 Å². The number of nitriles is 1. The second kappa shape index (κ2) is 5.48. The molecule has 1 N–H and O–H groups in total. The van der Waals surface area contributed by atoms with E-state index in [1.165, 1.54) is 6.07 Å². The van der Waals surface area contributed by atoms with Crippen molar-refractivity contribution >= 4 is 17.3 Å². The second-order valence-corrected chi connectivity index (χ2v) is 4.04. The van der Waals surface area contributed by atoms with Gasteiger partial charge in [0, 0.05) is 12.7 Å². The predicted octanol–water partition coefficient (Wildman–Crippen LogP) is 3.36. The molecule has 1 aromatic heterocycles. The minimum Gasteiger partial charge on any atom is -0.379 e. The highest BCUT2D eigenvalue weighted by Gasteiger charge is 2.03. The summed E-state index contributed by atoms with van der Waals surface area (Å²) in [5, 5.41) is 12.1. The van der Waals surface area contributed by atoms with E-state index < -0.39 is 5.82 Å². The smallest absolute Gasteiger partial charge is 0.141 e. The highest BCUT2D eigenvalue weighted by molar-refractivity contribution is 6.30. The van der Waals surface area contributed by atoms with Crippen molar-refractivity contribution in [3.8, 4) is 6.07 Å². The second-order valence-electron chi connectivity index (χ2n) is 3.64. The number of aromatic nitrogens is 1. The van der Waals surface area contributed by atoms with Crippen LogP contribution in [0.25, 0.3) is 0 Å². The largest absolute Gasteiger partial charge is 0.379 e. The van der Waals surface area contributed by atoms with Gasteiger partial charge in [-0.2, -0.15) is 5.26 Å². The maximum Gasteiger partial charge on any atom is 0.141 e. The van der Waals surface area contributed by atoms with Crippen LogP contribution in [-0.4, -0.2) is 4.98 Å². The lowest BCUT2D eigenvalue weighted by Gasteiger charge is -2.08. The summed E-state index contributed by atoms with van der Waals surface area (Å²) >= 11 is 5.69. The molecule has 0 saturated carbocycles. The van der Waals surface area contributed by atoms with Crippen molar-refractivity contribution in [3.05, 3.63) is 58.6 Å². The molecule has 5 heteroatoms. The molecule has 90 valence electrons. The Morgan fingerprint density at radius 2 is 2.22 bits per heavy atom. The number of hydrogen-bond donors (Lipinski definition) is 1. The van der Waals surface area contributed by atoms with E-state index in [0.717, 1.165) is 5.56 Å². The predicted molar refractivity (Wildman–Crippen MR) is 67.7 cm³/mol. The van der Waals surface area contributed by atoms with E-state index >= 15 is 0 Å². The maximum absolute atomic E-state index is 13.0. The lowest BCUT2D eigenvalue weighted by atomic mass is 10.2. The molecule has 18 heavy (non-hydrogen) atoms. The van der Waals surface area contributed by atoms with Gasteiger partial charge in [0.05, 0.1) is 22.5 Å². The highest BCUT2D eigenvalue weighted by Crippen LogP contribution is 2.18. The molecule has 0 atom stereocenters. The lowest BCUT2D eigenvalue weighted by Crippen LogP contribution is -2.02. The van der Waals surface area contributed by atoms with Crippen molar-refractivity contribution in [2.75, 3.05) is 5.32 Å². The fourth-order valence-electron chi connectivity index (χ4n) is 1.48. The van der Waals surface area contributed by atoms with E-state index in [9.17, 15) is 4.39 Å². The first-order chi connectivity index (χ1) is 8.70. The van der Waals surface area contributed by atoms with E-state index in [1.54, 1.807) is 30.6 Å². The van der Waals surface area contributed by atoms with Crippen molar-refractivity contribution in [1.29, 1.82) is 5.26 Å². The first-order valence-electron chi connectivity index (χ1n) is 5.22. The molecule has 0 saturated heterocycles. The van der Waals surface area contributed by atoms with Crippen molar-refractivity contribution in [1.82, 2.24) is 4.98 Å². The summed E-state index contributed by atoms with van der Waals surface area (Å²) in [5.74, 6) is -0.445. The molecule has 0 fully saturated rings. The number of hydrogen-bond acceptors (Lipinski definition) is 3. The van der Waals surface area contributed by atoms with E-state index in [1.807, 2.05) is 0 Å². The summed E-state index contributed by atoms with van der Waals surface area (Å²) in [6, 6.07) is 8.19. The summed E-state index contributed by atoms with van der Waals surface area (Å²) < 4.78 is 13.0. The molecule has 0 aliphatic heterocycles. The zero-order valence-corrected chi connectivity index (χ0v) is 10.1. The fourth-order valence-corrected chi connectivity index (χ4v) is 1.68. The van der Waals surface area contributed by atoms with Crippen LogP contribution in [0.4, 0.5) is 10.1 Å². The quantitative estimate of drug-likeness (QED) is 0.922. The average Bonchev–Trinajstić information content (AvgIpc) is 2.40. The number of anilines is 1. The molecule has 1 aromatic carbocycles. The third kappa shape index (κ3) is 2.76. The van der Waals surface area contributed by atoms with Gasteiger partial charge >= 0.3 is 0 Å². The molecule has 1 heterocycles. The molecule has 0 amide bonds. The van der Waals surface area contributed by atoms with Crippen LogP contribution >= 0.6 is 11.6 Å². The number of halogens is 2. The number of nitrogens with zero attached hydrogens (tertiary/aromatic N) is 2. The summed E-state index contributed by atoms with van der Waals surface area (Å²) in [6.07, 6.45) is 3.13. The molecule has 3 nitrogen and oxygen atoms in total. The summed E-state index contributed by atoms with van der Waals surface area (Å²) in [5.41, 5.74) is 1.98. The molecule has 2 aromatic rings. The van der Waals surface area contributed by atoms with Gasteiger partial charge in [0.25, 0.3) is 0 Å². The zero-order chi connectivity index (χ0) is 13.0. The Morgan fingerprint density at radius 1 is 1.39 bits per heavy atom. The van der Waals surface area contributed by atoms with Crippen LogP contribution in [0.15, 0.2) is 36.7 Å². The molecule has 0 bridgehead atoms. The Bertz CT molecular complexity index is 607. The number of pyridine rings is 1. The van der Waals surface area contributed by atoms with Crippen LogP contribution < -0.4 is 5.32 Å². The molecular formula is C13H9ClFN3. The van der Waals surface area contributed by atoms with Gasteiger partial charge < -0.3 is 5.32 Å². The summed E-state index contributed by atoms with van der Waals surface area (Å²) in [4.78, 5) is 3.94. The third-order valence-electron chi connectivity index (χ3n) is 2.41. The minimum absolute atomic E-state index is 0.0843. The number of nitrogens with one attached hydrogen (secondary N) is 1. The van der Waals surface area contributed by atoms with Crippen molar-refractivity contribution in [3.63, 3.8) is 0 Å². The Morgan fingerprint density at radius 3 is 2.94 bits per heavy atom. The van der Waals surface area contributed by atoms with Gasteiger partial charge in [0.1, 0.15) is 11.9 Å². The normalized spacial score (nSPS) is 9.83. The topological polar surface area (TPSA) is 48.7 Å². The molecule has 0 aliphatic rings. The Hall–Kier alpha value is -2.12. The van der Waals surface area contributed by atoms with Gasteiger partial charge in [-0.15, -0.1) is 0 Å².